The molecule has 202 valence electrons. The molecule has 0 spiro atoms. The predicted octanol–water partition coefficient (Wildman–Crippen LogP) is 4.98. The van der Waals surface area contributed by atoms with Gasteiger partial charge < -0.3 is 26.4 Å². The van der Waals surface area contributed by atoms with E-state index < -0.39 is 0 Å². The maximum absolute atomic E-state index is 6.61. The molecule has 1 aliphatic heterocycles. The van der Waals surface area contributed by atoms with Gasteiger partial charge in [-0.25, -0.2) is 15.0 Å². The number of hydrogen-bond donors (Lipinski definition) is 3. The van der Waals surface area contributed by atoms with Crippen molar-refractivity contribution in [1.82, 2.24) is 19.5 Å². The van der Waals surface area contributed by atoms with E-state index in [9.17, 15) is 0 Å². The van der Waals surface area contributed by atoms with E-state index in [2.05, 4.69) is 62.2 Å². The number of rotatable bonds is 6. The molecule has 0 atom stereocenters. The van der Waals surface area contributed by atoms with Gasteiger partial charge in [0.15, 0.2) is 11.5 Å². The number of anilines is 4. The third-order valence-corrected chi connectivity index (χ3v) is 8.05. The van der Waals surface area contributed by atoms with Crippen molar-refractivity contribution in [3.63, 3.8) is 0 Å². The average molecular weight is 533 g/mol. The van der Waals surface area contributed by atoms with Crippen LogP contribution in [0.2, 0.25) is 0 Å². The molecular weight excluding hydrogens is 500 g/mol. The molecular formula is C31H32N8O. The number of nitrogens with zero attached hydrogens (tertiary/aromatic N) is 5. The van der Waals surface area contributed by atoms with Crippen LogP contribution in [-0.4, -0.2) is 45.8 Å². The van der Waals surface area contributed by atoms with E-state index in [0.29, 0.717) is 11.6 Å². The molecule has 0 radical (unpaired) electrons. The largest absolute Gasteiger partial charge is 0.383 e. The Balaban J connectivity index is 1.32. The zero-order valence-electron chi connectivity index (χ0n) is 22.3. The molecule has 2 fully saturated rings. The number of hydrogen-bond acceptors (Lipinski definition) is 8. The minimum absolute atomic E-state index is 0.227. The van der Waals surface area contributed by atoms with Crippen LogP contribution in [-0.2, 0) is 10.3 Å². The molecule has 1 saturated carbocycles. The van der Waals surface area contributed by atoms with Crippen LogP contribution in [0.5, 0.6) is 0 Å². The molecule has 9 nitrogen and oxygen atoms in total. The summed E-state index contributed by atoms with van der Waals surface area (Å²) in [4.78, 5) is 16.7. The summed E-state index contributed by atoms with van der Waals surface area (Å²) in [5, 5.41) is 3.56. The first kappa shape index (κ1) is 24.6. The summed E-state index contributed by atoms with van der Waals surface area (Å²) in [5.41, 5.74) is 19.2. The van der Waals surface area contributed by atoms with Crippen molar-refractivity contribution in [2.24, 2.45) is 5.73 Å². The molecule has 0 amide bonds. The summed E-state index contributed by atoms with van der Waals surface area (Å²) < 4.78 is 7.61. The number of ether oxygens (including phenoxy) is 1. The van der Waals surface area contributed by atoms with Crippen LogP contribution < -0.4 is 21.7 Å². The molecule has 9 heteroatoms. The molecule has 7 rings (SSSR count). The van der Waals surface area contributed by atoms with Crippen molar-refractivity contribution in [3.8, 4) is 17.1 Å². The van der Waals surface area contributed by atoms with Crippen molar-refractivity contribution in [2.45, 2.75) is 24.8 Å². The molecule has 1 aliphatic carbocycles. The van der Waals surface area contributed by atoms with E-state index >= 15 is 0 Å². The second kappa shape index (κ2) is 9.93. The maximum atomic E-state index is 6.61. The SMILES string of the molecule is Nc1ncccc1-c1nc2ccc(Nc3ccccc3N3CCOCC3)nc2n1-c1ccc(C2(N)CCC2)cc1. The van der Waals surface area contributed by atoms with Crippen LogP contribution in [0.25, 0.3) is 28.2 Å². The lowest BCUT2D eigenvalue weighted by molar-refractivity contribution is 0.123. The minimum Gasteiger partial charge on any atom is -0.383 e. The summed E-state index contributed by atoms with van der Waals surface area (Å²) in [6.07, 6.45) is 4.88. The predicted molar refractivity (Wildman–Crippen MR) is 159 cm³/mol. The van der Waals surface area contributed by atoms with Crippen LogP contribution in [0.15, 0.2) is 79.0 Å². The lowest BCUT2D eigenvalue weighted by Crippen LogP contribution is -2.43. The number of nitrogens with one attached hydrogen (secondary N) is 1. The number of nitrogen functional groups attached to an aromatic ring is 1. The Labute approximate surface area is 232 Å². The molecule has 1 saturated heterocycles. The highest BCUT2D eigenvalue weighted by Gasteiger charge is 2.34. The molecule has 5 N–H and O–H groups in total. The van der Waals surface area contributed by atoms with Gasteiger partial charge in [-0.05, 0) is 73.4 Å². The summed E-state index contributed by atoms with van der Waals surface area (Å²) in [6, 6.07) is 24.5. The normalized spacial score (nSPS) is 16.6. The average Bonchev–Trinajstić information content (AvgIpc) is 3.35. The zero-order chi connectivity index (χ0) is 27.1. The topological polar surface area (TPSA) is 120 Å². The number of pyridine rings is 2. The number of fused-ring (bicyclic) bond motifs is 1. The van der Waals surface area contributed by atoms with Crippen molar-refractivity contribution in [3.05, 3.63) is 84.6 Å². The summed E-state index contributed by atoms with van der Waals surface area (Å²) in [5.74, 6) is 1.84. The van der Waals surface area contributed by atoms with Crippen LogP contribution >= 0.6 is 0 Å². The van der Waals surface area contributed by atoms with E-state index in [1.54, 1.807) is 6.20 Å². The van der Waals surface area contributed by atoms with Gasteiger partial charge in [-0.1, -0.05) is 24.3 Å². The molecule has 4 heterocycles. The highest BCUT2D eigenvalue weighted by molar-refractivity contribution is 5.85. The Morgan fingerprint density at radius 3 is 2.42 bits per heavy atom. The standard InChI is InChI=1S/C31H32N8O/c32-28-23(5-3-16-34-28)29-36-25-12-13-27(35-24-6-1-2-7-26(24)38-17-19-40-20-18-38)37-30(25)39(29)22-10-8-21(9-11-22)31(33)14-4-15-31/h1-3,5-13,16H,4,14-15,17-20,33H2,(H2,32,34)(H,35,37). The Kier molecular flexibility index (Phi) is 6.10. The van der Waals surface area contributed by atoms with Gasteiger partial charge in [0.2, 0.25) is 0 Å². The first-order chi connectivity index (χ1) is 19.6. The first-order valence-corrected chi connectivity index (χ1v) is 13.8. The number of para-hydroxylation sites is 2. The third kappa shape index (κ3) is 4.33. The second-order valence-corrected chi connectivity index (χ2v) is 10.5. The third-order valence-electron chi connectivity index (χ3n) is 8.05. The Bertz CT molecular complexity index is 1670. The number of benzene rings is 2. The Hall–Kier alpha value is -4.47. The highest BCUT2D eigenvalue weighted by Crippen LogP contribution is 2.39. The first-order valence-electron chi connectivity index (χ1n) is 13.8. The smallest absolute Gasteiger partial charge is 0.167 e. The van der Waals surface area contributed by atoms with Gasteiger partial charge in [0.1, 0.15) is 17.2 Å². The molecule has 2 aromatic carbocycles. The number of aromatic nitrogens is 4. The van der Waals surface area contributed by atoms with Gasteiger partial charge in [0.05, 0.1) is 30.2 Å². The van der Waals surface area contributed by atoms with Crippen molar-refractivity contribution in [2.75, 3.05) is 42.3 Å². The molecule has 2 aliphatic rings. The van der Waals surface area contributed by atoms with Gasteiger partial charge >= 0.3 is 0 Å². The monoisotopic (exact) mass is 532 g/mol. The van der Waals surface area contributed by atoms with Gasteiger partial charge in [-0.3, -0.25) is 4.57 Å². The number of nitrogens with two attached hydrogens (primary N) is 2. The summed E-state index contributed by atoms with van der Waals surface area (Å²) in [6.45, 7) is 3.16. The van der Waals surface area contributed by atoms with E-state index in [1.807, 2.05) is 30.3 Å². The molecule has 3 aromatic heterocycles. The number of imidazole rings is 1. The fourth-order valence-corrected chi connectivity index (χ4v) is 5.64. The lowest BCUT2D eigenvalue weighted by Gasteiger charge is -2.38. The van der Waals surface area contributed by atoms with Crippen molar-refractivity contribution < 1.29 is 4.74 Å². The number of morpholine rings is 1. The highest BCUT2D eigenvalue weighted by atomic mass is 16.5. The van der Waals surface area contributed by atoms with Crippen LogP contribution in [0.4, 0.5) is 23.0 Å². The Morgan fingerprint density at radius 2 is 1.68 bits per heavy atom. The van der Waals surface area contributed by atoms with E-state index in [1.165, 1.54) is 6.42 Å². The van der Waals surface area contributed by atoms with Crippen molar-refractivity contribution in [1.29, 1.82) is 0 Å². The lowest BCUT2D eigenvalue weighted by atomic mass is 9.73. The molecule has 40 heavy (non-hydrogen) atoms. The van der Waals surface area contributed by atoms with E-state index in [0.717, 1.165) is 84.3 Å². The van der Waals surface area contributed by atoms with Crippen LogP contribution in [0, 0.1) is 0 Å². The summed E-state index contributed by atoms with van der Waals surface area (Å²) in [7, 11) is 0. The van der Waals surface area contributed by atoms with Gasteiger partial charge in [0, 0.05) is 30.5 Å². The molecule has 0 bridgehead atoms. The molecule has 0 unspecified atom stereocenters. The van der Waals surface area contributed by atoms with E-state index in [-0.39, 0.29) is 5.54 Å². The Morgan fingerprint density at radius 1 is 0.875 bits per heavy atom. The fourth-order valence-electron chi connectivity index (χ4n) is 5.64. The van der Waals surface area contributed by atoms with Gasteiger partial charge in [0.25, 0.3) is 0 Å². The zero-order valence-corrected chi connectivity index (χ0v) is 22.3. The maximum Gasteiger partial charge on any atom is 0.167 e. The van der Waals surface area contributed by atoms with E-state index in [4.69, 9.17) is 26.2 Å². The van der Waals surface area contributed by atoms with Gasteiger partial charge in [-0.15, -0.1) is 0 Å². The van der Waals surface area contributed by atoms with Crippen LogP contribution in [0.3, 0.4) is 0 Å². The van der Waals surface area contributed by atoms with Crippen molar-refractivity contribution >= 4 is 34.2 Å². The van der Waals surface area contributed by atoms with Crippen LogP contribution in [0.1, 0.15) is 24.8 Å². The molecule has 5 aromatic rings. The summed E-state index contributed by atoms with van der Waals surface area (Å²) >= 11 is 0. The fraction of sp³-hybridized carbons (Fsp3) is 0.258. The quantitative estimate of drug-likeness (QED) is 0.280. The second-order valence-electron chi connectivity index (χ2n) is 10.5. The minimum atomic E-state index is -0.227. The van der Waals surface area contributed by atoms with Gasteiger partial charge in [-0.2, -0.15) is 0 Å².